The van der Waals surface area contributed by atoms with Gasteiger partial charge in [0.2, 0.25) is 0 Å². The van der Waals surface area contributed by atoms with Gasteiger partial charge in [0.15, 0.2) is 0 Å². The van der Waals surface area contributed by atoms with Crippen LogP contribution < -0.4 is 20.7 Å². The SMILES string of the molecule is CN(CCN1CCC(OC(=O)N(c2ccccc2-c2ccccc2)N(C(=O)O)c2ccccc2-c2ccccc2)CC1)C(=O)c1cccc(C(=O)NCCNCc2ccco2)c1. The van der Waals surface area contributed by atoms with Gasteiger partial charge in [-0.15, -0.1) is 0 Å². The van der Waals surface area contributed by atoms with E-state index < -0.39 is 18.3 Å². The number of piperidine rings is 1. The Hall–Kier alpha value is -7.22. The van der Waals surface area contributed by atoms with Crippen molar-refractivity contribution < 1.29 is 33.4 Å². The van der Waals surface area contributed by atoms with Crippen molar-refractivity contribution in [2.75, 3.05) is 56.3 Å². The van der Waals surface area contributed by atoms with Gasteiger partial charge in [0.1, 0.15) is 11.9 Å². The third-order valence-electron chi connectivity index (χ3n) is 10.7. The molecule has 0 unspecified atom stereocenters. The maximum absolute atomic E-state index is 14.6. The topological polar surface area (TPSA) is 148 Å². The number of furan rings is 1. The zero-order valence-electron chi connectivity index (χ0n) is 34.6. The number of hydrogen-bond donors (Lipinski definition) is 3. The molecule has 4 amide bonds. The number of carbonyl (C=O) groups is 4. The van der Waals surface area contributed by atoms with E-state index >= 15 is 0 Å². The molecule has 3 N–H and O–H groups in total. The van der Waals surface area contributed by atoms with Gasteiger partial charge in [-0.2, -0.15) is 10.0 Å². The van der Waals surface area contributed by atoms with Crippen LogP contribution in [-0.2, 0) is 11.3 Å². The molecule has 1 aliphatic rings. The van der Waals surface area contributed by atoms with Gasteiger partial charge in [-0.25, -0.2) is 9.59 Å². The van der Waals surface area contributed by atoms with Crippen LogP contribution in [0.1, 0.15) is 39.3 Å². The van der Waals surface area contributed by atoms with E-state index in [2.05, 4.69) is 15.5 Å². The Morgan fingerprint density at radius 2 is 1.31 bits per heavy atom. The van der Waals surface area contributed by atoms with E-state index in [0.717, 1.165) is 26.9 Å². The number of para-hydroxylation sites is 2. The second kappa shape index (κ2) is 20.8. The highest BCUT2D eigenvalue weighted by atomic mass is 16.6. The minimum Gasteiger partial charge on any atom is -0.468 e. The zero-order valence-corrected chi connectivity index (χ0v) is 34.6. The number of carboxylic acid groups (broad SMARTS) is 1. The first-order valence-electron chi connectivity index (χ1n) is 20.7. The van der Waals surface area contributed by atoms with Crippen molar-refractivity contribution in [1.82, 2.24) is 20.4 Å². The Morgan fingerprint density at radius 3 is 1.92 bits per heavy atom. The Labute approximate surface area is 361 Å². The summed E-state index contributed by atoms with van der Waals surface area (Å²) in [6, 6.07) is 43.6. The summed E-state index contributed by atoms with van der Waals surface area (Å²) in [7, 11) is 1.74. The van der Waals surface area contributed by atoms with E-state index in [1.165, 1.54) is 0 Å². The number of nitrogens with one attached hydrogen (secondary N) is 2. The molecule has 0 saturated carbocycles. The van der Waals surface area contributed by atoms with E-state index in [4.69, 9.17) is 9.15 Å². The van der Waals surface area contributed by atoms with E-state index in [9.17, 15) is 24.3 Å². The quantitative estimate of drug-likeness (QED) is 0.0685. The first-order chi connectivity index (χ1) is 30.3. The fourth-order valence-corrected chi connectivity index (χ4v) is 7.47. The summed E-state index contributed by atoms with van der Waals surface area (Å²) in [5.74, 6) is 0.354. The molecule has 6 aromatic rings. The zero-order chi connectivity index (χ0) is 43.3. The molecule has 13 heteroatoms. The van der Waals surface area contributed by atoms with Gasteiger partial charge < -0.3 is 34.7 Å². The van der Waals surface area contributed by atoms with E-state index in [0.29, 0.717) is 92.3 Å². The van der Waals surface area contributed by atoms with Crippen LogP contribution in [0.3, 0.4) is 0 Å². The monoisotopic (exact) mass is 834 g/mol. The van der Waals surface area contributed by atoms with Crippen molar-refractivity contribution in [3.05, 3.63) is 169 Å². The molecule has 1 aliphatic heterocycles. The predicted octanol–water partition coefficient (Wildman–Crippen LogP) is 8.41. The molecule has 13 nitrogen and oxygen atoms in total. The van der Waals surface area contributed by atoms with E-state index in [-0.39, 0.29) is 11.8 Å². The van der Waals surface area contributed by atoms with E-state index in [1.807, 2.05) is 97.1 Å². The van der Waals surface area contributed by atoms with Crippen LogP contribution in [-0.4, -0.2) is 91.3 Å². The number of anilines is 2. The molecule has 2 heterocycles. The lowest BCUT2D eigenvalue weighted by atomic mass is 10.0. The van der Waals surface area contributed by atoms with Crippen LogP contribution in [0.4, 0.5) is 21.0 Å². The molecule has 0 radical (unpaired) electrons. The smallest absolute Gasteiger partial charge is 0.434 e. The minimum atomic E-state index is -1.36. The number of likely N-dealkylation sites (tertiary alicyclic amines) is 1. The molecule has 318 valence electrons. The highest BCUT2D eigenvalue weighted by Gasteiger charge is 2.36. The molecule has 1 aromatic heterocycles. The van der Waals surface area contributed by atoms with Gasteiger partial charge in [0.25, 0.3) is 11.8 Å². The number of rotatable bonds is 15. The van der Waals surface area contributed by atoms with Crippen molar-refractivity contribution >= 4 is 35.4 Å². The highest BCUT2D eigenvalue weighted by Crippen LogP contribution is 2.38. The van der Waals surface area contributed by atoms with Crippen LogP contribution in [0, 0.1) is 0 Å². The van der Waals surface area contributed by atoms with Crippen LogP contribution in [0.25, 0.3) is 22.3 Å². The lowest BCUT2D eigenvalue weighted by Crippen LogP contribution is -2.52. The van der Waals surface area contributed by atoms with Crippen molar-refractivity contribution in [3.63, 3.8) is 0 Å². The molecule has 7 rings (SSSR count). The number of ether oxygens (including phenoxy) is 1. The second-order valence-corrected chi connectivity index (χ2v) is 14.9. The molecule has 0 aliphatic carbocycles. The van der Waals surface area contributed by atoms with Crippen molar-refractivity contribution in [3.8, 4) is 22.3 Å². The second-order valence-electron chi connectivity index (χ2n) is 14.9. The molecule has 5 aromatic carbocycles. The molecule has 0 spiro atoms. The van der Waals surface area contributed by atoms with Gasteiger partial charge in [-0.05, 0) is 66.4 Å². The Morgan fingerprint density at radius 1 is 0.710 bits per heavy atom. The minimum absolute atomic E-state index is 0.198. The number of carbonyl (C=O) groups excluding carboxylic acids is 3. The largest absolute Gasteiger partial charge is 0.468 e. The van der Waals surface area contributed by atoms with Crippen molar-refractivity contribution in [1.29, 1.82) is 0 Å². The third kappa shape index (κ3) is 10.7. The van der Waals surface area contributed by atoms with Gasteiger partial charge in [0, 0.05) is 68.6 Å². The van der Waals surface area contributed by atoms with Crippen LogP contribution in [0.2, 0.25) is 0 Å². The molecule has 1 saturated heterocycles. The number of benzene rings is 5. The fraction of sp³-hybridized carbons (Fsp3) is 0.224. The highest BCUT2D eigenvalue weighted by molar-refractivity contribution is 6.06. The Bertz CT molecular complexity index is 2420. The number of hydrazine groups is 1. The number of likely N-dealkylation sites (N-methyl/N-ethyl adjacent to an activating group) is 1. The van der Waals surface area contributed by atoms with Gasteiger partial charge in [0.05, 0.1) is 24.2 Å². The Kier molecular flexibility index (Phi) is 14.4. The molecular formula is C49H50N6O7. The summed E-state index contributed by atoms with van der Waals surface area (Å²) in [5, 5.41) is 19.1. The van der Waals surface area contributed by atoms with Crippen molar-refractivity contribution in [2.24, 2.45) is 0 Å². The summed E-state index contributed by atoms with van der Waals surface area (Å²) in [5.41, 5.74) is 4.34. The lowest BCUT2D eigenvalue weighted by molar-refractivity contribution is 0.0503. The van der Waals surface area contributed by atoms with E-state index in [1.54, 1.807) is 66.7 Å². The summed E-state index contributed by atoms with van der Waals surface area (Å²) in [4.78, 5) is 58.1. The van der Waals surface area contributed by atoms with Crippen LogP contribution >= 0.6 is 0 Å². The molecular weight excluding hydrogens is 785 g/mol. The standard InChI is InChI=1S/C49H50N6O7/c1-52(47(57)39-19-12-18-38(34-39)46(56)51-28-27-50-35-41-20-13-33-61-41)31-32-53-29-25-40(26-30-53)62-49(60)55(45-24-11-9-22-43(45)37-16-6-3-7-17-37)54(48(58)59)44-23-10-8-21-42(44)36-14-4-2-5-15-36/h2-24,33-34,40,50H,25-32,35H2,1H3,(H,51,56)(H,58,59). The first-order valence-corrected chi connectivity index (χ1v) is 20.7. The van der Waals surface area contributed by atoms with Gasteiger partial charge >= 0.3 is 12.2 Å². The van der Waals surface area contributed by atoms with Crippen LogP contribution in [0.15, 0.2) is 156 Å². The van der Waals surface area contributed by atoms with Crippen molar-refractivity contribution in [2.45, 2.75) is 25.5 Å². The maximum Gasteiger partial charge on any atom is 0.434 e. The summed E-state index contributed by atoms with van der Waals surface area (Å²) in [6.07, 6.45) is -0.0149. The molecule has 62 heavy (non-hydrogen) atoms. The average molecular weight is 835 g/mol. The van der Waals surface area contributed by atoms with Crippen LogP contribution in [0.5, 0.6) is 0 Å². The van der Waals surface area contributed by atoms with Gasteiger partial charge in [-0.3, -0.25) is 9.59 Å². The van der Waals surface area contributed by atoms with Gasteiger partial charge in [-0.1, -0.05) is 103 Å². The molecule has 0 atom stereocenters. The molecule has 0 bridgehead atoms. The summed E-state index contributed by atoms with van der Waals surface area (Å²) < 4.78 is 11.5. The Balaban J connectivity index is 0.985. The summed E-state index contributed by atoms with van der Waals surface area (Å²) in [6.45, 7) is 3.78. The first kappa shape index (κ1) is 42.9. The average Bonchev–Trinajstić information content (AvgIpc) is 3.84. The normalized spacial score (nSPS) is 12.9. The number of amides is 4. The third-order valence-corrected chi connectivity index (χ3v) is 10.7. The number of nitrogens with zero attached hydrogens (tertiary/aromatic N) is 4. The fourth-order valence-electron chi connectivity index (χ4n) is 7.47. The summed E-state index contributed by atoms with van der Waals surface area (Å²) >= 11 is 0. The predicted molar refractivity (Wildman–Crippen MR) is 239 cm³/mol. The number of hydrogen-bond acceptors (Lipinski definition) is 8. The lowest BCUT2D eigenvalue weighted by Gasteiger charge is -2.37. The maximum atomic E-state index is 14.6. The molecule has 1 fully saturated rings.